The number of hydrogen-bond acceptors (Lipinski definition) is 4. The molecule has 1 aromatic heterocycles. The Morgan fingerprint density at radius 2 is 1.55 bits per heavy atom. The van der Waals surface area contributed by atoms with Crippen molar-refractivity contribution in [2.24, 2.45) is 0 Å². The first-order chi connectivity index (χ1) is 18.7. The fraction of sp³-hybridized carbons (Fsp3) is 0.500. The largest absolute Gasteiger partial charge is 0.493 e. The minimum atomic E-state index is -0.161. The number of ether oxygens (including phenoxy) is 2. The molecule has 2 aromatic carbocycles. The number of anilines is 1. The average molecular weight is 538 g/mol. The van der Waals surface area contributed by atoms with Gasteiger partial charge in [0.2, 0.25) is 5.51 Å². The molecule has 206 valence electrons. The second-order valence-corrected chi connectivity index (χ2v) is 10.7. The lowest BCUT2D eigenvalue weighted by atomic mass is 10.1. The van der Waals surface area contributed by atoms with Crippen molar-refractivity contribution in [1.82, 2.24) is 0 Å². The van der Waals surface area contributed by atoms with Crippen molar-refractivity contribution in [3.8, 4) is 11.5 Å². The van der Waals surface area contributed by atoms with E-state index in [-0.39, 0.29) is 5.91 Å². The van der Waals surface area contributed by atoms with Gasteiger partial charge in [-0.1, -0.05) is 107 Å². The van der Waals surface area contributed by atoms with Crippen LogP contribution in [0.4, 0.5) is 5.69 Å². The summed E-state index contributed by atoms with van der Waals surface area (Å²) in [5.74, 6) is 1.10. The topological polar surface area (TPSA) is 51.4 Å². The molecule has 0 atom stereocenters. The molecule has 6 heteroatoms. The van der Waals surface area contributed by atoms with E-state index in [4.69, 9.17) is 9.47 Å². The Hall–Kier alpha value is -2.86. The molecule has 0 aliphatic rings. The van der Waals surface area contributed by atoms with Crippen LogP contribution in [0.5, 0.6) is 11.5 Å². The number of amides is 1. The van der Waals surface area contributed by atoms with Crippen LogP contribution in [0.3, 0.4) is 0 Å². The molecule has 0 aliphatic heterocycles. The van der Waals surface area contributed by atoms with Crippen molar-refractivity contribution in [2.75, 3.05) is 19.0 Å². The minimum Gasteiger partial charge on any atom is -0.493 e. The van der Waals surface area contributed by atoms with Crippen LogP contribution in [-0.4, -0.2) is 19.6 Å². The van der Waals surface area contributed by atoms with Crippen LogP contribution in [0, 0.1) is 0 Å². The fourth-order valence-electron chi connectivity index (χ4n) is 4.58. The van der Waals surface area contributed by atoms with Crippen LogP contribution in [-0.2, 0) is 6.54 Å². The first kappa shape index (κ1) is 29.7. The molecular weight excluding hydrogens is 492 g/mol. The van der Waals surface area contributed by atoms with E-state index in [1.54, 1.807) is 36.6 Å². The smallest absolute Gasteiger partial charge is 0.255 e. The molecule has 0 aliphatic carbocycles. The maximum Gasteiger partial charge on any atom is 0.255 e. The summed E-state index contributed by atoms with van der Waals surface area (Å²) in [7, 11) is 1.63. The van der Waals surface area contributed by atoms with Gasteiger partial charge in [0.25, 0.3) is 5.91 Å². The lowest BCUT2D eigenvalue weighted by molar-refractivity contribution is -0.683. The van der Waals surface area contributed by atoms with Crippen LogP contribution in [0.2, 0.25) is 0 Å². The van der Waals surface area contributed by atoms with Crippen LogP contribution in [0.15, 0.2) is 59.6 Å². The number of thiazole rings is 1. The fourth-order valence-corrected chi connectivity index (χ4v) is 5.18. The van der Waals surface area contributed by atoms with Crippen molar-refractivity contribution in [1.29, 1.82) is 0 Å². The van der Waals surface area contributed by atoms with Gasteiger partial charge in [0.1, 0.15) is 0 Å². The van der Waals surface area contributed by atoms with Gasteiger partial charge in [0.05, 0.1) is 24.8 Å². The Morgan fingerprint density at radius 3 is 2.21 bits per heavy atom. The Balaban J connectivity index is 1.41. The molecule has 0 unspecified atom stereocenters. The number of unbranched alkanes of at least 4 members (excludes halogenated alkanes) is 11. The van der Waals surface area contributed by atoms with Gasteiger partial charge in [-0.15, -0.1) is 0 Å². The number of carbonyl (C=O) groups excluding carboxylic acids is 1. The van der Waals surface area contributed by atoms with Crippen molar-refractivity contribution in [3.63, 3.8) is 0 Å². The molecule has 38 heavy (non-hydrogen) atoms. The second-order valence-electron chi connectivity index (χ2n) is 9.91. The number of rotatable bonds is 19. The predicted molar refractivity (Wildman–Crippen MR) is 158 cm³/mol. The molecule has 0 bridgehead atoms. The number of aromatic nitrogens is 1. The maximum absolute atomic E-state index is 13.1. The SMILES string of the molecule is CCCCCCCCCCCCCCOc1cc(C(=O)Nc2ccccc2C[n+]2ccsc2)ccc1OC. The lowest BCUT2D eigenvalue weighted by Crippen LogP contribution is -2.31. The zero-order valence-electron chi connectivity index (χ0n) is 23.3. The summed E-state index contributed by atoms with van der Waals surface area (Å²) in [6, 6.07) is 13.3. The van der Waals surface area contributed by atoms with Crippen molar-refractivity contribution < 1.29 is 18.8 Å². The van der Waals surface area contributed by atoms with E-state index in [1.165, 1.54) is 64.2 Å². The quantitative estimate of drug-likeness (QED) is 0.123. The van der Waals surface area contributed by atoms with Crippen LogP contribution in [0.25, 0.3) is 0 Å². The number of nitrogens with one attached hydrogen (secondary N) is 1. The standard InChI is InChI=1S/C32H44N2O3S/c1-3-4-5-6-7-8-9-10-11-12-13-16-22-37-31-24-27(19-20-30(31)36-2)32(35)33-29-18-15-14-17-28(29)25-34-21-23-38-26-34/h14-15,17-21,23-24,26H,3-13,16,22,25H2,1-2H3/p+1. The molecule has 0 fully saturated rings. The maximum atomic E-state index is 13.1. The summed E-state index contributed by atoms with van der Waals surface area (Å²) in [5.41, 5.74) is 4.47. The van der Waals surface area contributed by atoms with Crippen molar-refractivity contribution in [3.05, 3.63) is 70.7 Å². The van der Waals surface area contributed by atoms with Gasteiger partial charge in [0, 0.05) is 11.1 Å². The lowest BCUT2D eigenvalue weighted by Gasteiger charge is -2.13. The Morgan fingerprint density at radius 1 is 0.868 bits per heavy atom. The molecular formula is C32H45N2O3S+. The molecule has 0 saturated heterocycles. The zero-order chi connectivity index (χ0) is 26.8. The van der Waals surface area contributed by atoms with E-state index in [2.05, 4.69) is 22.3 Å². The Labute approximate surface area is 233 Å². The first-order valence-corrected chi connectivity index (χ1v) is 15.3. The summed E-state index contributed by atoms with van der Waals surface area (Å²) >= 11 is 1.65. The highest BCUT2D eigenvalue weighted by atomic mass is 32.1. The van der Waals surface area contributed by atoms with E-state index in [1.807, 2.05) is 35.8 Å². The number of hydrogen-bond donors (Lipinski definition) is 1. The molecule has 0 spiro atoms. The second kappa shape index (κ2) is 17.6. The van der Waals surface area contributed by atoms with Gasteiger partial charge in [-0.05, 0) is 30.7 Å². The molecule has 3 rings (SSSR count). The Bertz CT molecular complexity index is 1070. The van der Waals surface area contributed by atoms with Crippen LogP contribution < -0.4 is 19.4 Å². The minimum absolute atomic E-state index is 0.161. The van der Waals surface area contributed by atoms with Gasteiger partial charge >= 0.3 is 0 Å². The van der Waals surface area contributed by atoms with Gasteiger partial charge in [-0.25, -0.2) is 0 Å². The molecule has 5 nitrogen and oxygen atoms in total. The molecule has 1 amide bonds. The third kappa shape index (κ3) is 10.5. The number of nitrogens with zero attached hydrogens (tertiary/aromatic N) is 1. The highest BCUT2D eigenvalue weighted by molar-refractivity contribution is 7.07. The summed E-state index contributed by atoms with van der Waals surface area (Å²) in [5, 5.41) is 5.12. The number of para-hydroxylation sites is 1. The summed E-state index contributed by atoms with van der Waals surface area (Å²) in [6.45, 7) is 3.60. The summed E-state index contributed by atoms with van der Waals surface area (Å²) < 4.78 is 13.6. The third-order valence-electron chi connectivity index (χ3n) is 6.83. The van der Waals surface area contributed by atoms with Gasteiger partial charge in [-0.3, -0.25) is 4.79 Å². The van der Waals surface area contributed by atoms with Gasteiger partial charge < -0.3 is 14.8 Å². The highest BCUT2D eigenvalue weighted by Crippen LogP contribution is 2.29. The van der Waals surface area contributed by atoms with Gasteiger partial charge in [-0.2, -0.15) is 4.57 Å². The molecule has 1 heterocycles. The summed E-state index contributed by atoms with van der Waals surface area (Å²) in [4.78, 5) is 13.1. The molecule has 1 N–H and O–H groups in total. The van der Waals surface area contributed by atoms with Crippen LogP contribution in [0.1, 0.15) is 99.9 Å². The third-order valence-corrected chi connectivity index (χ3v) is 7.50. The monoisotopic (exact) mass is 537 g/mol. The average Bonchev–Trinajstić information content (AvgIpc) is 3.45. The Kier molecular flexibility index (Phi) is 13.8. The van der Waals surface area contributed by atoms with E-state index in [0.717, 1.165) is 24.1 Å². The normalized spacial score (nSPS) is 10.9. The van der Waals surface area contributed by atoms with E-state index in [0.29, 0.717) is 30.2 Å². The van der Waals surface area contributed by atoms with Crippen molar-refractivity contribution in [2.45, 2.75) is 90.5 Å². The molecule has 0 saturated carbocycles. The van der Waals surface area contributed by atoms with E-state index < -0.39 is 0 Å². The number of carbonyl (C=O) groups is 1. The van der Waals surface area contributed by atoms with Crippen LogP contribution >= 0.6 is 11.3 Å². The number of benzene rings is 2. The zero-order valence-corrected chi connectivity index (χ0v) is 24.1. The number of methoxy groups -OCH3 is 1. The van der Waals surface area contributed by atoms with Crippen molar-refractivity contribution >= 4 is 22.9 Å². The molecule has 3 aromatic rings. The highest BCUT2D eigenvalue weighted by Gasteiger charge is 2.15. The summed E-state index contributed by atoms with van der Waals surface area (Å²) in [6.07, 6.45) is 17.8. The van der Waals surface area contributed by atoms with Gasteiger partial charge in [0.15, 0.2) is 24.2 Å². The molecule has 0 radical (unpaired) electrons. The first-order valence-electron chi connectivity index (χ1n) is 14.3. The predicted octanol–water partition coefficient (Wildman–Crippen LogP) is 8.42. The van der Waals surface area contributed by atoms with E-state index in [9.17, 15) is 4.79 Å². The van der Waals surface area contributed by atoms with E-state index >= 15 is 0 Å².